The summed E-state index contributed by atoms with van der Waals surface area (Å²) in [5.74, 6) is 0.706. The van der Waals surface area contributed by atoms with Crippen LogP contribution in [-0.4, -0.2) is 37.9 Å². The Morgan fingerprint density at radius 1 is 1.12 bits per heavy atom. The SMILES string of the molecule is Cc1cc(-n2ncc3cc(NC(=O)N[C@H]4CCC[C@@H]4Oc4ccc(F)cc4)ncc32)ccn1. The van der Waals surface area contributed by atoms with Crippen LogP contribution in [0.5, 0.6) is 5.75 Å². The van der Waals surface area contributed by atoms with Gasteiger partial charge in [0.15, 0.2) is 0 Å². The van der Waals surface area contributed by atoms with Crippen LogP contribution in [0.25, 0.3) is 16.6 Å². The molecule has 0 unspecified atom stereocenters. The van der Waals surface area contributed by atoms with Gasteiger partial charge in [0.25, 0.3) is 0 Å². The Hall–Kier alpha value is -4.01. The molecule has 33 heavy (non-hydrogen) atoms. The van der Waals surface area contributed by atoms with Crippen molar-refractivity contribution < 1.29 is 13.9 Å². The molecule has 168 valence electrons. The van der Waals surface area contributed by atoms with Crippen molar-refractivity contribution in [3.63, 3.8) is 0 Å². The second-order valence-electron chi connectivity index (χ2n) is 8.09. The molecule has 3 aromatic heterocycles. The molecule has 4 aromatic rings. The number of fused-ring (bicyclic) bond motifs is 1. The minimum Gasteiger partial charge on any atom is -0.488 e. The van der Waals surface area contributed by atoms with Crippen LogP contribution in [-0.2, 0) is 0 Å². The van der Waals surface area contributed by atoms with Crippen LogP contribution in [0.3, 0.4) is 0 Å². The standard InChI is InChI=1S/C24H23FN6O2/c1-15-11-18(9-10-26-15)31-21-14-27-23(12-16(21)13-28-31)30-24(32)29-20-3-2-4-22(20)33-19-7-5-17(25)6-8-19/h5-14,20,22H,2-4H2,1H3,(H2,27,29,30,32)/t20-,22-/m0/s1. The maximum absolute atomic E-state index is 13.1. The number of aryl methyl sites for hydroxylation is 1. The van der Waals surface area contributed by atoms with Crippen molar-refractivity contribution >= 4 is 22.8 Å². The Morgan fingerprint density at radius 3 is 2.79 bits per heavy atom. The van der Waals surface area contributed by atoms with E-state index in [0.29, 0.717) is 11.6 Å². The number of carbonyl (C=O) groups is 1. The van der Waals surface area contributed by atoms with E-state index in [9.17, 15) is 9.18 Å². The molecule has 1 aromatic carbocycles. The first-order chi connectivity index (χ1) is 16.0. The van der Waals surface area contributed by atoms with Gasteiger partial charge >= 0.3 is 6.03 Å². The van der Waals surface area contributed by atoms with Gasteiger partial charge in [-0.05, 0) is 68.7 Å². The zero-order valence-corrected chi connectivity index (χ0v) is 18.0. The highest BCUT2D eigenvalue weighted by Gasteiger charge is 2.30. The third kappa shape index (κ3) is 4.62. The van der Waals surface area contributed by atoms with Gasteiger partial charge in [-0.1, -0.05) is 0 Å². The lowest BCUT2D eigenvalue weighted by Gasteiger charge is -2.22. The van der Waals surface area contributed by atoms with Gasteiger partial charge in [-0.15, -0.1) is 0 Å². The molecule has 3 heterocycles. The number of hydrogen-bond acceptors (Lipinski definition) is 5. The Balaban J connectivity index is 1.25. The molecule has 0 bridgehead atoms. The lowest BCUT2D eigenvalue weighted by Crippen LogP contribution is -2.44. The van der Waals surface area contributed by atoms with E-state index in [-0.39, 0.29) is 24.0 Å². The average Bonchev–Trinajstić information content (AvgIpc) is 3.42. The first-order valence-electron chi connectivity index (χ1n) is 10.8. The summed E-state index contributed by atoms with van der Waals surface area (Å²) in [4.78, 5) is 21.2. The van der Waals surface area contributed by atoms with Crippen molar-refractivity contribution in [2.75, 3.05) is 5.32 Å². The maximum atomic E-state index is 13.1. The number of amides is 2. The summed E-state index contributed by atoms with van der Waals surface area (Å²) in [6.45, 7) is 1.92. The molecule has 0 saturated heterocycles. The van der Waals surface area contributed by atoms with Crippen molar-refractivity contribution in [3.05, 3.63) is 72.6 Å². The summed E-state index contributed by atoms with van der Waals surface area (Å²) in [5, 5.41) is 11.1. The normalized spacial score (nSPS) is 17.8. The zero-order chi connectivity index (χ0) is 22.8. The van der Waals surface area contributed by atoms with Crippen LogP contribution >= 0.6 is 0 Å². The third-order valence-corrected chi connectivity index (χ3v) is 5.69. The van der Waals surface area contributed by atoms with Crippen LogP contribution in [0.1, 0.15) is 25.0 Å². The molecule has 1 fully saturated rings. The summed E-state index contributed by atoms with van der Waals surface area (Å²) in [5.41, 5.74) is 2.62. The van der Waals surface area contributed by atoms with E-state index in [0.717, 1.165) is 41.5 Å². The fourth-order valence-electron chi connectivity index (χ4n) is 4.10. The molecule has 2 atom stereocenters. The van der Waals surface area contributed by atoms with Crippen LogP contribution < -0.4 is 15.4 Å². The number of pyridine rings is 2. The fraction of sp³-hybridized carbons (Fsp3) is 0.250. The average molecular weight is 446 g/mol. The highest BCUT2D eigenvalue weighted by molar-refractivity contribution is 5.91. The number of urea groups is 1. The van der Waals surface area contributed by atoms with Gasteiger partial charge in [-0.25, -0.2) is 18.9 Å². The lowest BCUT2D eigenvalue weighted by molar-refractivity contribution is 0.175. The van der Waals surface area contributed by atoms with Gasteiger partial charge in [0, 0.05) is 17.3 Å². The number of ether oxygens (including phenoxy) is 1. The van der Waals surface area contributed by atoms with Crippen molar-refractivity contribution in [1.82, 2.24) is 25.1 Å². The van der Waals surface area contributed by atoms with Gasteiger partial charge in [0.1, 0.15) is 23.5 Å². The first kappa shape index (κ1) is 20.9. The molecule has 0 aliphatic heterocycles. The molecule has 1 aliphatic rings. The molecule has 5 rings (SSSR count). The second-order valence-corrected chi connectivity index (χ2v) is 8.09. The highest BCUT2D eigenvalue weighted by atomic mass is 19.1. The van der Waals surface area contributed by atoms with Gasteiger partial charge < -0.3 is 10.1 Å². The minimum atomic E-state index is -0.349. The van der Waals surface area contributed by atoms with Crippen molar-refractivity contribution in [1.29, 1.82) is 0 Å². The molecule has 9 heteroatoms. The highest BCUT2D eigenvalue weighted by Crippen LogP contribution is 2.25. The van der Waals surface area contributed by atoms with E-state index in [1.54, 1.807) is 41.5 Å². The minimum absolute atomic E-state index is 0.142. The molecule has 1 saturated carbocycles. The van der Waals surface area contributed by atoms with Gasteiger partial charge in [-0.3, -0.25) is 10.3 Å². The molecular formula is C24H23FN6O2. The Morgan fingerprint density at radius 2 is 1.97 bits per heavy atom. The van der Waals surface area contributed by atoms with E-state index in [2.05, 4.69) is 25.7 Å². The number of benzene rings is 1. The van der Waals surface area contributed by atoms with Crippen molar-refractivity contribution in [2.24, 2.45) is 0 Å². The van der Waals surface area contributed by atoms with E-state index < -0.39 is 0 Å². The van der Waals surface area contributed by atoms with Gasteiger partial charge in [0.05, 0.1) is 29.6 Å². The van der Waals surface area contributed by atoms with Crippen LogP contribution in [0.15, 0.2) is 61.1 Å². The first-order valence-corrected chi connectivity index (χ1v) is 10.8. The number of aromatic nitrogens is 4. The molecule has 8 nitrogen and oxygen atoms in total. The summed E-state index contributed by atoms with van der Waals surface area (Å²) in [7, 11) is 0. The topological polar surface area (TPSA) is 94.0 Å². The Kier molecular flexibility index (Phi) is 5.60. The predicted octanol–water partition coefficient (Wildman–Crippen LogP) is 4.38. The molecule has 2 N–H and O–H groups in total. The Bertz CT molecular complexity index is 1290. The van der Waals surface area contributed by atoms with E-state index in [1.165, 1.54) is 12.1 Å². The second kappa shape index (κ2) is 8.85. The number of nitrogens with one attached hydrogen (secondary N) is 2. The van der Waals surface area contributed by atoms with Crippen LogP contribution in [0.4, 0.5) is 15.0 Å². The number of rotatable bonds is 5. The van der Waals surface area contributed by atoms with E-state index >= 15 is 0 Å². The van der Waals surface area contributed by atoms with Crippen molar-refractivity contribution in [2.45, 2.75) is 38.3 Å². The van der Waals surface area contributed by atoms with Gasteiger partial charge in [0.2, 0.25) is 0 Å². The van der Waals surface area contributed by atoms with E-state index in [4.69, 9.17) is 4.74 Å². The summed E-state index contributed by atoms with van der Waals surface area (Å²) >= 11 is 0. The molecule has 0 spiro atoms. The lowest BCUT2D eigenvalue weighted by atomic mass is 10.2. The molecule has 1 aliphatic carbocycles. The summed E-state index contributed by atoms with van der Waals surface area (Å²) < 4.78 is 20.9. The molecular weight excluding hydrogens is 423 g/mol. The van der Waals surface area contributed by atoms with Crippen LogP contribution in [0.2, 0.25) is 0 Å². The monoisotopic (exact) mass is 446 g/mol. The predicted molar refractivity (Wildman–Crippen MR) is 122 cm³/mol. The molecule has 2 amide bonds. The van der Waals surface area contributed by atoms with E-state index in [1.807, 2.05) is 19.1 Å². The smallest absolute Gasteiger partial charge is 0.320 e. The zero-order valence-electron chi connectivity index (χ0n) is 18.0. The quantitative estimate of drug-likeness (QED) is 0.474. The molecule has 0 radical (unpaired) electrons. The summed E-state index contributed by atoms with van der Waals surface area (Å²) in [6.07, 6.45) is 7.56. The fourth-order valence-corrected chi connectivity index (χ4v) is 4.10. The van der Waals surface area contributed by atoms with Gasteiger partial charge in [-0.2, -0.15) is 5.10 Å². The number of carbonyl (C=O) groups excluding carboxylic acids is 1. The number of anilines is 1. The number of halogens is 1. The van der Waals surface area contributed by atoms with Crippen LogP contribution in [0, 0.1) is 12.7 Å². The third-order valence-electron chi connectivity index (χ3n) is 5.69. The maximum Gasteiger partial charge on any atom is 0.320 e. The number of nitrogens with zero attached hydrogens (tertiary/aromatic N) is 4. The summed E-state index contributed by atoms with van der Waals surface area (Å²) in [6, 6.07) is 11.0. The largest absolute Gasteiger partial charge is 0.488 e. The van der Waals surface area contributed by atoms with Crippen molar-refractivity contribution in [3.8, 4) is 11.4 Å². The Labute approximate surface area is 189 Å². The number of hydrogen-bond donors (Lipinski definition) is 2.